The summed E-state index contributed by atoms with van der Waals surface area (Å²) in [6.07, 6.45) is 1.50. The molecule has 2 rings (SSSR count). The molecule has 0 amide bonds. The molecule has 2 aromatic carbocycles. The largest absolute Gasteiger partial charge is 0.331 e. The van der Waals surface area contributed by atoms with Crippen LogP contribution in [0.4, 0.5) is 11.4 Å². The summed E-state index contributed by atoms with van der Waals surface area (Å²) in [5, 5.41) is 16.2. The molecule has 0 aliphatic heterocycles. The summed E-state index contributed by atoms with van der Waals surface area (Å²) < 4.78 is 0. The second kappa shape index (κ2) is 7.28. The van der Waals surface area contributed by atoms with Crippen LogP contribution >= 0.6 is 12.2 Å². The van der Waals surface area contributed by atoms with E-state index in [0.29, 0.717) is 10.7 Å². The van der Waals surface area contributed by atoms with Gasteiger partial charge in [0.2, 0.25) is 0 Å². The summed E-state index contributed by atoms with van der Waals surface area (Å²) in [5.74, 6) is 0. The fraction of sp³-hybridized carbons (Fsp3) is 0.0667. The van der Waals surface area contributed by atoms with Crippen LogP contribution in [0, 0.1) is 11.8 Å². The molecule has 0 aliphatic rings. The first-order valence-corrected chi connectivity index (χ1v) is 6.88. The van der Waals surface area contributed by atoms with Gasteiger partial charge in [0.25, 0.3) is 4.92 Å². The van der Waals surface area contributed by atoms with E-state index >= 15 is 0 Å². The first-order chi connectivity index (χ1) is 10.5. The molecule has 0 heterocycles. The van der Waals surface area contributed by atoms with Gasteiger partial charge in [0.05, 0.1) is 11.1 Å². The highest BCUT2D eigenvalue weighted by Gasteiger charge is 2.10. The van der Waals surface area contributed by atoms with Gasteiger partial charge < -0.3 is 5.32 Å². The molecule has 22 heavy (non-hydrogen) atoms. The predicted molar refractivity (Wildman–Crippen MR) is 89.6 cm³/mol. The topological polar surface area (TPSA) is 76.7 Å². The normalized spacial score (nSPS) is 10.4. The number of thiocarbonyl (C=S) groups is 1. The maximum absolute atomic E-state index is 10.8. The molecule has 0 atom stereocenters. The van der Waals surface area contributed by atoms with E-state index in [1.165, 1.54) is 18.3 Å². The Hall–Kier alpha value is -2.80. The number of rotatable bonds is 4. The van der Waals surface area contributed by atoms with Crippen molar-refractivity contribution < 1.29 is 10.1 Å². The summed E-state index contributed by atoms with van der Waals surface area (Å²) in [6.45, 7) is 1.99. The number of hydrogen-bond acceptors (Lipinski definition) is 3. The highest BCUT2D eigenvalue weighted by atomic mass is 32.1. The van der Waals surface area contributed by atoms with E-state index in [4.69, 9.17) is 17.4 Å². The van der Waals surface area contributed by atoms with Gasteiger partial charge in [-0.25, -0.2) is 5.21 Å². The lowest BCUT2D eigenvalue weighted by Gasteiger charge is -2.07. The van der Waals surface area contributed by atoms with Gasteiger partial charge in [-0.15, -0.1) is 0 Å². The molecule has 2 aromatic rings. The Balaban J connectivity index is 1.93. The number of nitrogens with zero attached hydrogens (tertiary/aromatic N) is 2. The van der Waals surface area contributed by atoms with Crippen LogP contribution in [0.5, 0.6) is 0 Å². The lowest BCUT2D eigenvalue weighted by atomic mass is 10.2. The third kappa shape index (κ3) is 4.64. The Kier molecular flexibility index (Phi) is 5.16. The van der Waals surface area contributed by atoms with Crippen molar-refractivity contribution in [2.45, 2.75) is 6.92 Å². The zero-order valence-electron chi connectivity index (χ0n) is 11.9. The summed E-state index contributed by atoms with van der Waals surface area (Å²) in [7, 11) is 0. The molecule has 112 valence electrons. The molecule has 0 spiro atoms. The Labute approximate surface area is 133 Å². The fourth-order valence-corrected chi connectivity index (χ4v) is 1.94. The van der Waals surface area contributed by atoms with Crippen molar-refractivity contribution in [3.05, 3.63) is 64.6 Å². The third-order valence-electron chi connectivity index (χ3n) is 2.75. The number of nitrogens with one attached hydrogen (secondary N) is 2. The predicted octanol–water partition coefficient (Wildman–Crippen LogP) is 3.12. The number of aryl methyl sites for hydroxylation is 1. The molecule has 7 heteroatoms. The maximum Gasteiger partial charge on any atom is 0.317 e. The van der Waals surface area contributed by atoms with E-state index in [1.54, 1.807) is 12.1 Å². The Bertz CT molecular complexity index is 731. The van der Waals surface area contributed by atoms with E-state index in [1.807, 2.05) is 31.2 Å². The lowest BCUT2D eigenvalue weighted by molar-refractivity contribution is -0.729. The smallest absolute Gasteiger partial charge is 0.317 e. The summed E-state index contributed by atoms with van der Waals surface area (Å²) in [4.78, 5) is 10.6. The van der Waals surface area contributed by atoms with Crippen LogP contribution in [-0.4, -0.2) is 21.5 Å². The van der Waals surface area contributed by atoms with Gasteiger partial charge in [-0.05, 0) is 36.8 Å². The fourth-order valence-electron chi connectivity index (χ4n) is 1.77. The average Bonchev–Trinajstić information content (AvgIpc) is 2.47. The van der Waals surface area contributed by atoms with Crippen LogP contribution in [0.1, 0.15) is 11.1 Å². The van der Waals surface area contributed by atoms with Gasteiger partial charge in [-0.3, -0.25) is 5.43 Å². The van der Waals surface area contributed by atoms with Crippen molar-refractivity contribution >= 4 is 34.9 Å². The van der Waals surface area contributed by atoms with E-state index in [2.05, 4.69) is 15.8 Å². The zero-order valence-corrected chi connectivity index (χ0v) is 12.7. The van der Waals surface area contributed by atoms with Crippen molar-refractivity contribution in [3.8, 4) is 0 Å². The highest BCUT2D eigenvalue weighted by molar-refractivity contribution is 7.80. The van der Waals surface area contributed by atoms with Gasteiger partial charge in [-0.2, -0.15) is 5.10 Å². The van der Waals surface area contributed by atoms with E-state index in [-0.39, 0.29) is 10.6 Å². The quantitative estimate of drug-likeness (QED) is 0.459. The molecule has 0 saturated carbocycles. The van der Waals surface area contributed by atoms with Gasteiger partial charge in [0.1, 0.15) is 0 Å². The van der Waals surface area contributed by atoms with E-state index in [9.17, 15) is 4.91 Å². The zero-order chi connectivity index (χ0) is 15.9. The van der Waals surface area contributed by atoms with Crippen molar-refractivity contribution in [2.75, 3.05) is 5.32 Å². The van der Waals surface area contributed by atoms with Gasteiger partial charge >= 0.3 is 5.69 Å². The van der Waals surface area contributed by atoms with Crippen LogP contribution in [0.2, 0.25) is 0 Å². The second-order valence-electron chi connectivity index (χ2n) is 4.56. The van der Waals surface area contributed by atoms with Crippen molar-refractivity contribution in [2.24, 2.45) is 5.10 Å². The molecule has 0 aromatic heterocycles. The van der Waals surface area contributed by atoms with Crippen LogP contribution in [0.3, 0.4) is 0 Å². The van der Waals surface area contributed by atoms with Crippen LogP contribution < -0.4 is 10.7 Å². The van der Waals surface area contributed by atoms with Gasteiger partial charge in [-0.1, -0.05) is 24.3 Å². The monoisotopic (exact) mass is 315 g/mol. The summed E-state index contributed by atoms with van der Waals surface area (Å²) in [5.41, 5.74) is 5.46. The number of benzene rings is 2. The van der Waals surface area contributed by atoms with Crippen LogP contribution in [-0.2, 0) is 0 Å². The molecular weight excluding hydrogens is 300 g/mol. The first-order valence-electron chi connectivity index (χ1n) is 6.47. The Morgan fingerprint density at radius 1 is 1.27 bits per heavy atom. The van der Waals surface area contributed by atoms with E-state index < -0.39 is 0 Å². The second-order valence-corrected chi connectivity index (χ2v) is 4.97. The van der Waals surface area contributed by atoms with Crippen LogP contribution in [0.15, 0.2) is 53.6 Å². The summed E-state index contributed by atoms with van der Waals surface area (Å²) >= 11 is 5.13. The Morgan fingerprint density at radius 3 is 2.77 bits per heavy atom. The molecular formula is C15H15N4O2S+. The minimum Gasteiger partial charge on any atom is -0.331 e. The van der Waals surface area contributed by atoms with E-state index in [0.717, 1.165) is 11.3 Å². The first kappa shape index (κ1) is 15.6. The molecule has 0 saturated heterocycles. The van der Waals surface area contributed by atoms with Gasteiger partial charge in [0, 0.05) is 23.4 Å². The third-order valence-corrected chi connectivity index (χ3v) is 2.94. The summed E-state index contributed by atoms with van der Waals surface area (Å²) in [6, 6.07) is 14.2. The molecule has 0 aliphatic carbocycles. The standard InChI is InChI=1S/C15H14N4O2S/c1-11-4-2-6-13(8-11)17-15(22)18-16-10-12-5-3-7-14(9-12)19(20)21/h2-10H,1H3,(H2-,17,18,20,21,22)/p+1/b16-10+. The van der Waals surface area contributed by atoms with Crippen molar-refractivity contribution in [1.29, 1.82) is 0 Å². The number of hydrazone groups is 1. The minimum atomic E-state index is -0.200. The van der Waals surface area contributed by atoms with Gasteiger partial charge in [0.15, 0.2) is 5.11 Å². The molecule has 0 bridgehead atoms. The highest BCUT2D eigenvalue weighted by Crippen LogP contribution is 2.11. The molecule has 6 nitrogen and oxygen atoms in total. The number of hydrogen-bond donors (Lipinski definition) is 3. The molecule has 3 N–H and O–H groups in total. The molecule has 0 radical (unpaired) electrons. The SMILES string of the molecule is Cc1cccc(NC(=S)N/N=C/c2cccc([N+](=O)O)c2)c1. The minimum absolute atomic E-state index is 0.129. The molecule has 0 unspecified atom stereocenters. The van der Waals surface area contributed by atoms with Crippen molar-refractivity contribution in [3.63, 3.8) is 0 Å². The Morgan fingerprint density at radius 2 is 2.05 bits per heavy atom. The van der Waals surface area contributed by atoms with Crippen LogP contribution in [0.25, 0.3) is 0 Å². The number of anilines is 1. The lowest BCUT2D eigenvalue weighted by Crippen LogP contribution is -2.23. The van der Waals surface area contributed by atoms with Crippen molar-refractivity contribution in [1.82, 2.24) is 5.43 Å². The average molecular weight is 315 g/mol. The molecule has 0 fully saturated rings. The maximum atomic E-state index is 10.8.